The molecule has 0 saturated carbocycles. The minimum Gasteiger partial charge on any atom is -0.326 e. The first-order valence-electron chi connectivity index (χ1n) is 6.96. The zero-order valence-corrected chi connectivity index (χ0v) is 14.1. The molecule has 0 radical (unpaired) electrons. The molecule has 1 heterocycles. The van der Waals surface area contributed by atoms with Crippen LogP contribution in [-0.2, 0) is 16.6 Å². The normalized spacial score (nSPS) is 17.9. The number of hydrogen-bond donors (Lipinski definition) is 1. The van der Waals surface area contributed by atoms with Crippen molar-refractivity contribution in [3.05, 3.63) is 27.7 Å². The van der Waals surface area contributed by atoms with Gasteiger partial charge in [0.2, 0.25) is 10.0 Å². The van der Waals surface area contributed by atoms with Gasteiger partial charge in [0.15, 0.2) is 0 Å². The Labute approximate surface area is 129 Å². The van der Waals surface area contributed by atoms with E-state index >= 15 is 0 Å². The number of hydrogen-bond acceptors (Lipinski definition) is 3. The topological polar surface area (TPSA) is 63.4 Å². The largest absolute Gasteiger partial charge is 0.326 e. The van der Waals surface area contributed by atoms with E-state index < -0.39 is 10.0 Å². The van der Waals surface area contributed by atoms with Gasteiger partial charge < -0.3 is 5.73 Å². The average Bonchev–Trinajstić information content (AvgIpc) is 2.70. The van der Waals surface area contributed by atoms with Gasteiger partial charge in [-0.25, -0.2) is 8.42 Å². The molecule has 0 aromatic heterocycles. The van der Waals surface area contributed by atoms with Crippen LogP contribution >= 0.6 is 15.9 Å². The van der Waals surface area contributed by atoms with Crippen molar-refractivity contribution in [1.29, 1.82) is 0 Å². The zero-order chi connectivity index (χ0) is 14.8. The fraction of sp³-hybridized carbons (Fsp3) is 0.571. The standard InChI is InChI=1S/C14H21BrN2O2S/c1-11-13(15)8-12(10-16)9-14(11)20(18,19)17-6-4-2-3-5-7-17/h8-9H,2-7,10,16H2,1H3. The van der Waals surface area contributed by atoms with Crippen LogP contribution in [0.15, 0.2) is 21.5 Å². The SMILES string of the molecule is Cc1c(Br)cc(CN)cc1S(=O)(=O)N1CCCCCC1. The Kier molecular flexibility index (Phi) is 5.23. The Balaban J connectivity index is 2.45. The van der Waals surface area contributed by atoms with E-state index in [-0.39, 0.29) is 0 Å². The van der Waals surface area contributed by atoms with E-state index in [4.69, 9.17) is 5.73 Å². The van der Waals surface area contributed by atoms with E-state index in [0.717, 1.165) is 41.3 Å². The van der Waals surface area contributed by atoms with Gasteiger partial charge in [-0.3, -0.25) is 0 Å². The highest BCUT2D eigenvalue weighted by atomic mass is 79.9. The average molecular weight is 361 g/mol. The predicted molar refractivity (Wildman–Crippen MR) is 84.0 cm³/mol. The van der Waals surface area contributed by atoms with Crippen LogP contribution in [0.25, 0.3) is 0 Å². The smallest absolute Gasteiger partial charge is 0.243 e. The maximum Gasteiger partial charge on any atom is 0.243 e. The molecule has 2 rings (SSSR count). The number of nitrogens with two attached hydrogens (primary N) is 1. The van der Waals surface area contributed by atoms with Gasteiger partial charge in [-0.15, -0.1) is 0 Å². The van der Waals surface area contributed by atoms with Crippen molar-refractivity contribution in [2.45, 2.75) is 44.0 Å². The van der Waals surface area contributed by atoms with Gasteiger partial charge in [0, 0.05) is 24.1 Å². The van der Waals surface area contributed by atoms with E-state index in [9.17, 15) is 8.42 Å². The Hall–Kier alpha value is -0.430. The molecule has 0 atom stereocenters. The van der Waals surface area contributed by atoms with E-state index in [1.54, 1.807) is 10.4 Å². The molecule has 1 saturated heterocycles. The first kappa shape index (κ1) is 15.9. The lowest BCUT2D eigenvalue weighted by Gasteiger charge is -2.22. The summed E-state index contributed by atoms with van der Waals surface area (Å²) in [6.07, 6.45) is 4.10. The highest BCUT2D eigenvalue weighted by Crippen LogP contribution is 2.29. The minimum atomic E-state index is -3.42. The maximum absolute atomic E-state index is 12.8. The molecule has 1 aromatic carbocycles. The predicted octanol–water partition coefficient (Wildman–Crippen LogP) is 2.78. The number of rotatable bonds is 3. The van der Waals surface area contributed by atoms with Gasteiger partial charge in [0.25, 0.3) is 0 Å². The van der Waals surface area contributed by atoms with Crippen molar-refractivity contribution >= 4 is 26.0 Å². The maximum atomic E-state index is 12.8. The van der Waals surface area contributed by atoms with E-state index in [0.29, 0.717) is 24.5 Å². The van der Waals surface area contributed by atoms with Crippen molar-refractivity contribution in [3.8, 4) is 0 Å². The Morgan fingerprint density at radius 1 is 1.20 bits per heavy atom. The van der Waals surface area contributed by atoms with E-state index in [1.807, 2.05) is 13.0 Å². The van der Waals surface area contributed by atoms with Crippen LogP contribution in [0, 0.1) is 6.92 Å². The van der Waals surface area contributed by atoms with Crippen LogP contribution in [0.3, 0.4) is 0 Å². The van der Waals surface area contributed by atoms with Crippen molar-refractivity contribution in [3.63, 3.8) is 0 Å². The molecule has 2 N–H and O–H groups in total. The molecule has 20 heavy (non-hydrogen) atoms. The fourth-order valence-corrected chi connectivity index (χ4v) is 4.97. The highest BCUT2D eigenvalue weighted by molar-refractivity contribution is 9.10. The van der Waals surface area contributed by atoms with Crippen LogP contribution in [0.4, 0.5) is 0 Å². The molecule has 1 aromatic rings. The van der Waals surface area contributed by atoms with Crippen molar-refractivity contribution in [2.24, 2.45) is 5.73 Å². The summed E-state index contributed by atoms with van der Waals surface area (Å²) in [5, 5.41) is 0. The van der Waals surface area contributed by atoms with E-state index in [1.165, 1.54) is 0 Å². The summed E-state index contributed by atoms with van der Waals surface area (Å²) in [6.45, 7) is 3.40. The molecule has 0 amide bonds. The third-order valence-electron chi connectivity index (χ3n) is 3.78. The van der Waals surface area contributed by atoms with Crippen LogP contribution in [0.5, 0.6) is 0 Å². The summed E-state index contributed by atoms with van der Waals surface area (Å²) < 4.78 is 28.1. The van der Waals surface area contributed by atoms with Crippen molar-refractivity contribution < 1.29 is 8.42 Å². The number of halogens is 1. The second kappa shape index (κ2) is 6.56. The first-order chi connectivity index (χ1) is 9.46. The van der Waals surface area contributed by atoms with Gasteiger partial charge in [-0.2, -0.15) is 4.31 Å². The third-order valence-corrected chi connectivity index (χ3v) is 6.62. The lowest BCUT2D eigenvalue weighted by molar-refractivity contribution is 0.423. The molecule has 1 aliphatic rings. The van der Waals surface area contributed by atoms with E-state index in [2.05, 4.69) is 15.9 Å². The second-order valence-electron chi connectivity index (χ2n) is 5.22. The van der Waals surface area contributed by atoms with Crippen LogP contribution < -0.4 is 5.73 Å². The summed E-state index contributed by atoms with van der Waals surface area (Å²) in [4.78, 5) is 0.384. The monoisotopic (exact) mass is 360 g/mol. The van der Waals surface area contributed by atoms with Gasteiger partial charge in [0.1, 0.15) is 0 Å². The molecular formula is C14H21BrN2O2S. The van der Waals surface area contributed by atoms with Crippen LogP contribution in [0.1, 0.15) is 36.8 Å². The van der Waals surface area contributed by atoms with Crippen LogP contribution in [0.2, 0.25) is 0 Å². The number of nitrogens with zero attached hydrogens (tertiary/aromatic N) is 1. The van der Waals surface area contributed by atoms with Gasteiger partial charge in [-0.05, 0) is 43.0 Å². The highest BCUT2D eigenvalue weighted by Gasteiger charge is 2.27. The third kappa shape index (κ3) is 3.24. The summed E-state index contributed by atoms with van der Waals surface area (Å²) in [5.41, 5.74) is 7.24. The molecule has 0 unspecified atom stereocenters. The lowest BCUT2D eigenvalue weighted by Crippen LogP contribution is -2.32. The zero-order valence-electron chi connectivity index (χ0n) is 11.7. The summed E-state index contributed by atoms with van der Waals surface area (Å²) >= 11 is 3.43. The number of sulfonamides is 1. The molecule has 4 nitrogen and oxygen atoms in total. The van der Waals surface area contributed by atoms with Gasteiger partial charge in [0.05, 0.1) is 4.90 Å². The summed E-state index contributed by atoms with van der Waals surface area (Å²) in [5.74, 6) is 0. The molecule has 1 fully saturated rings. The van der Waals surface area contributed by atoms with Crippen molar-refractivity contribution in [2.75, 3.05) is 13.1 Å². The lowest BCUT2D eigenvalue weighted by atomic mass is 10.1. The van der Waals surface area contributed by atoms with Gasteiger partial charge in [-0.1, -0.05) is 28.8 Å². The molecule has 0 spiro atoms. The first-order valence-corrected chi connectivity index (χ1v) is 9.19. The summed E-state index contributed by atoms with van der Waals surface area (Å²) in [7, 11) is -3.42. The molecule has 0 bridgehead atoms. The molecule has 1 aliphatic heterocycles. The molecule has 0 aliphatic carbocycles. The minimum absolute atomic E-state index is 0.335. The Morgan fingerprint density at radius 2 is 1.80 bits per heavy atom. The van der Waals surface area contributed by atoms with Crippen molar-refractivity contribution in [1.82, 2.24) is 4.31 Å². The molecular weight excluding hydrogens is 340 g/mol. The number of benzene rings is 1. The molecule has 6 heteroatoms. The quantitative estimate of drug-likeness (QED) is 0.901. The molecule has 112 valence electrons. The summed E-state index contributed by atoms with van der Waals surface area (Å²) in [6, 6.07) is 3.59. The fourth-order valence-electron chi connectivity index (χ4n) is 2.51. The van der Waals surface area contributed by atoms with Gasteiger partial charge >= 0.3 is 0 Å². The Bertz CT molecular complexity index is 579. The van der Waals surface area contributed by atoms with Crippen LogP contribution in [-0.4, -0.2) is 25.8 Å². The second-order valence-corrected chi connectivity index (χ2v) is 7.98. The Morgan fingerprint density at radius 3 is 2.35 bits per heavy atom.